The lowest BCUT2D eigenvalue weighted by Crippen LogP contribution is -2.35. The lowest BCUT2D eigenvalue weighted by molar-refractivity contribution is 0.449. The van der Waals surface area contributed by atoms with Crippen LogP contribution in [-0.4, -0.2) is 28.6 Å². The summed E-state index contributed by atoms with van der Waals surface area (Å²) in [5, 5.41) is 0.914. The number of aromatic nitrogens is 2. The van der Waals surface area contributed by atoms with Crippen molar-refractivity contribution in [2.45, 2.75) is 25.3 Å². The zero-order valence-electron chi connectivity index (χ0n) is 14.0. The van der Waals surface area contributed by atoms with Gasteiger partial charge < -0.3 is 16.4 Å². The van der Waals surface area contributed by atoms with Gasteiger partial charge in [-0.1, -0.05) is 35.3 Å². The largest absolute Gasteiger partial charge is 0.382 e. The SMILES string of the molecule is C[C@]1(N)CC2CN(c3cnc(-c4cccc(Cl)c4Cl)c(N)n3)C[C@H]2C1. The van der Waals surface area contributed by atoms with Crippen LogP contribution in [-0.2, 0) is 0 Å². The van der Waals surface area contributed by atoms with Crippen molar-refractivity contribution < 1.29 is 0 Å². The Morgan fingerprint density at radius 1 is 1.20 bits per heavy atom. The van der Waals surface area contributed by atoms with E-state index in [1.165, 1.54) is 0 Å². The molecule has 1 aliphatic heterocycles. The van der Waals surface area contributed by atoms with E-state index in [2.05, 4.69) is 21.8 Å². The molecule has 25 heavy (non-hydrogen) atoms. The van der Waals surface area contributed by atoms with Crippen LogP contribution in [0.1, 0.15) is 19.8 Å². The molecule has 2 heterocycles. The van der Waals surface area contributed by atoms with E-state index in [9.17, 15) is 0 Å². The van der Waals surface area contributed by atoms with Crippen LogP contribution >= 0.6 is 23.2 Å². The van der Waals surface area contributed by atoms with Crippen molar-refractivity contribution in [3.63, 3.8) is 0 Å². The van der Waals surface area contributed by atoms with E-state index in [0.29, 0.717) is 39.0 Å². The minimum absolute atomic E-state index is 0.0285. The second-order valence-corrected chi connectivity index (χ2v) is 8.34. The van der Waals surface area contributed by atoms with Gasteiger partial charge in [-0.2, -0.15) is 0 Å². The predicted molar refractivity (Wildman–Crippen MR) is 103 cm³/mol. The van der Waals surface area contributed by atoms with E-state index in [0.717, 1.165) is 31.7 Å². The topological polar surface area (TPSA) is 81.1 Å². The monoisotopic (exact) mass is 377 g/mol. The first-order valence-corrected chi connectivity index (χ1v) is 9.20. The first-order valence-electron chi connectivity index (χ1n) is 8.45. The van der Waals surface area contributed by atoms with Gasteiger partial charge in [-0.15, -0.1) is 0 Å². The Morgan fingerprint density at radius 2 is 1.88 bits per heavy atom. The molecule has 2 aromatic rings. The van der Waals surface area contributed by atoms with Gasteiger partial charge in [0.1, 0.15) is 11.5 Å². The Bertz CT molecular complexity index is 807. The van der Waals surface area contributed by atoms with Crippen LogP contribution in [0.2, 0.25) is 10.0 Å². The minimum atomic E-state index is -0.0285. The van der Waals surface area contributed by atoms with Gasteiger partial charge in [0.25, 0.3) is 0 Å². The van der Waals surface area contributed by atoms with E-state index in [1.807, 2.05) is 12.1 Å². The number of nitrogen functional groups attached to an aromatic ring is 1. The number of hydrogen-bond acceptors (Lipinski definition) is 5. The highest BCUT2D eigenvalue weighted by molar-refractivity contribution is 6.43. The summed E-state index contributed by atoms with van der Waals surface area (Å²) in [4.78, 5) is 11.4. The quantitative estimate of drug-likeness (QED) is 0.835. The summed E-state index contributed by atoms with van der Waals surface area (Å²) in [6.45, 7) is 4.07. The van der Waals surface area contributed by atoms with Crippen molar-refractivity contribution >= 4 is 34.8 Å². The molecular formula is C18H21Cl2N5. The molecule has 0 radical (unpaired) electrons. The van der Waals surface area contributed by atoms with Gasteiger partial charge in [0.15, 0.2) is 5.82 Å². The van der Waals surface area contributed by atoms with Gasteiger partial charge in [0.05, 0.1) is 16.2 Å². The van der Waals surface area contributed by atoms with Crippen LogP contribution in [0.5, 0.6) is 0 Å². The summed E-state index contributed by atoms with van der Waals surface area (Å²) in [7, 11) is 0. The smallest absolute Gasteiger partial charge is 0.152 e. The fourth-order valence-corrected chi connectivity index (χ4v) is 4.70. The second-order valence-electron chi connectivity index (χ2n) is 7.55. The number of nitrogens with two attached hydrogens (primary N) is 2. The number of halogens is 2. The van der Waals surface area contributed by atoms with Crippen LogP contribution in [0.25, 0.3) is 11.3 Å². The Balaban J connectivity index is 1.58. The van der Waals surface area contributed by atoms with E-state index >= 15 is 0 Å². The molecule has 7 heteroatoms. The molecule has 0 amide bonds. The van der Waals surface area contributed by atoms with E-state index < -0.39 is 0 Å². The van der Waals surface area contributed by atoms with Gasteiger partial charge in [-0.05, 0) is 37.7 Å². The molecule has 1 aromatic carbocycles. The Labute approximate surface area is 157 Å². The minimum Gasteiger partial charge on any atom is -0.382 e. The maximum absolute atomic E-state index is 6.30. The Kier molecular flexibility index (Phi) is 4.06. The third-order valence-electron chi connectivity index (χ3n) is 5.35. The summed E-state index contributed by atoms with van der Waals surface area (Å²) in [6.07, 6.45) is 3.90. The second kappa shape index (κ2) is 6.01. The van der Waals surface area contributed by atoms with Gasteiger partial charge in [0, 0.05) is 24.2 Å². The van der Waals surface area contributed by atoms with E-state index in [4.69, 9.17) is 34.7 Å². The van der Waals surface area contributed by atoms with Crippen LogP contribution in [0.15, 0.2) is 24.4 Å². The molecule has 1 aromatic heterocycles. The molecule has 4 rings (SSSR count). The normalized spacial score (nSPS) is 28.4. The number of nitrogens with zero attached hydrogens (tertiary/aromatic N) is 3. The third kappa shape index (κ3) is 3.05. The number of benzene rings is 1. The molecule has 4 N–H and O–H groups in total. The first kappa shape index (κ1) is 16.9. The summed E-state index contributed by atoms with van der Waals surface area (Å²) < 4.78 is 0. The van der Waals surface area contributed by atoms with Crippen molar-refractivity contribution in [1.82, 2.24) is 9.97 Å². The molecule has 1 saturated heterocycles. The molecule has 1 aliphatic carbocycles. The molecule has 0 bridgehead atoms. The van der Waals surface area contributed by atoms with Crippen LogP contribution in [0, 0.1) is 11.8 Å². The van der Waals surface area contributed by atoms with Crippen molar-refractivity contribution in [1.29, 1.82) is 0 Å². The molecule has 2 aliphatic rings. The fourth-order valence-electron chi connectivity index (χ4n) is 4.31. The maximum atomic E-state index is 6.30. The van der Waals surface area contributed by atoms with Crippen molar-refractivity contribution in [3.8, 4) is 11.3 Å². The Morgan fingerprint density at radius 3 is 2.52 bits per heavy atom. The molecule has 3 atom stereocenters. The average Bonchev–Trinajstić information content (AvgIpc) is 3.04. The van der Waals surface area contributed by atoms with Gasteiger partial charge >= 0.3 is 0 Å². The zero-order valence-corrected chi connectivity index (χ0v) is 15.6. The Hall–Kier alpha value is -1.56. The van der Waals surface area contributed by atoms with Gasteiger partial charge in [0.2, 0.25) is 0 Å². The van der Waals surface area contributed by atoms with Crippen molar-refractivity contribution in [3.05, 3.63) is 34.4 Å². The number of anilines is 2. The van der Waals surface area contributed by atoms with Crippen molar-refractivity contribution in [2.24, 2.45) is 17.6 Å². The predicted octanol–water partition coefficient (Wildman–Crippen LogP) is 3.60. The van der Waals surface area contributed by atoms with Gasteiger partial charge in [-0.3, -0.25) is 0 Å². The summed E-state index contributed by atoms with van der Waals surface area (Å²) in [5.74, 6) is 2.43. The molecule has 5 nitrogen and oxygen atoms in total. The van der Waals surface area contributed by atoms with Crippen LogP contribution in [0.3, 0.4) is 0 Å². The molecule has 132 valence electrons. The zero-order chi connectivity index (χ0) is 17.8. The highest BCUT2D eigenvalue weighted by atomic mass is 35.5. The molecular weight excluding hydrogens is 357 g/mol. The fraction of sp³-hybridized carbons (Fsp3) is 0.444. The molecule has 2 fully saturated rings. The number of hydrogen-bond donors (Lipinski definition) is 2. The average molecular weight is 378 g/mol. The first-order chi connectivity index (χ1) is 11.8. The summed E-state index contributed by atoms with van der Waals surface area (Å²) in [6, 6.07) is 5.40. The summed E-state index contributed by atoms with van der Waals surface area (Å²) >= 11 is 12.4. The van der Waals surface area contributed by atoms with Crippen molar-refractivity contribution in [2.75, 3.05) is 23.7 Å². The molecule has 1 unspecified atom stereocenters. The molecule has 0 spiro atoms. The standard InChI is InChI=1S/C18H21Cl2N5/c1-18(22)5-10-8-25(9-11(10)6-18)14-7-23-16(17(21)24-14)12-3-2-4-13(19)15(12)20/h2-4,7,10-11H,5-6,8-9,22H2,1H3,(H2,21,24)/t10-,11?,18-/m1/s1. The number of fused-ring (bicyclic) bond motifs is 1. The summed E-state index contributed by atoms with van der Waals surface area (Å²) in [5.41, 5.74) is 13.7. The lowest BCUT2D eigenvalue weighted by atomic mass is 10.00. The van der Waals surface area contributed by atoms with E-state index in [1.54, 1.807) is 12.3 Å². The molecule has 1 saturated carbocycles. The van der Waals surface area contributed by atoms with Gasteiger partial charge in [-0.25, -0.2) is 9.97 Å². The number of rotatable bonds is 2. The van der Waals surface area contributed by atoms with Crippen LogP contribution < -0.4 is 16.4 Å². The highest BCUT2D eigenvalue weighted by Gasteiger charge is 2.45. The lowest BCUT2D eigenvalue weighted by Gasteiger charge is -2.23. The third-order valence-corrected chi connectivity index (χ3v) is 6.17. The van der Waals surface area contributed by atoms with Crippen LogP contribution in [0.4, 0.5) is 11.6 Å². The maximum Gasteiger partial charge on any atom is 0.152 e. The van der Waals surface area contributed by atoms with E-state index in [-0.39, 0.29) is 5.54 Å². The highest BCUT2D eigenvalue weighted by Crippen LogP contribution is 2.43.